The van der Waals surface area contributed by atoms with Crippen LogP contribution < -0.4 is 9.47 Å². The Balaban J connectivity index is 2.93. The Labute approximate surface area is 99.9 Å². The van der Waals surface area contributed by atoms with Crippen molar-refractivity contribution in [1.29, 1.82) is 0 Å². The van der Waals surface area contributed by atoms with Crippen LogP contribution in [0.5, 0.6) is 11.5 Å². The molecule has 0 aromatic heterocycles. The number of hydrogen-bond acceptors (Lipinski definition) is 4. The minimum absolute atomic E-state index is 0.249. The van der Waals surface area contributed by atoms with E-state index in [2.05, 4.69) is 0 Å². The fourth-order valence-corrected chi connectivity index (χ4v) is 1.49. The van der Waals surface area contributed by atoms with Crippen LogP contribution >= 0.6 is 0 Å². The summed E-state index contributed by atoms with van der Waals surface area (Å²) in [6, 6.07) is 5.24. The molecule has 0 aliphatic heterocycles. The topological polar surface area (TPSA) is 65.0 Å². The number of carboxylic acid groups (broad SMARTS) is 1. The van der Waals surface area contributed by atoms with Gasteiger partial charge in [0.25, 0.3) is 0 Å². The maximum Gasteiger partial charge on any atom is 0.333 e. The number of rotatable bonds is 6. The molecule has 0 radical (unpaired) electrons. The normalized spacial score (nSPS) is 11.9. The van der Waals surface area contributed by atoms with Gasteiger partial charge in [-0.05, 0) is 11.6 Å². The average molecular weight is 240 g/mol. The lowest BCUT2D eigenvalue weighted by molar-refractivity contribution is -0.148. The van der Waals surface area contributed by atoms with Crippen molar-refractivity contribution in [3.05, 3.63) is 23.8 Å². The van der Waals surface area contributed by atoms with E-state index in [-0.39, 0.29) is 6.42 Å². The molecule has 0 spiro atoms. The van der Waals surface area contributed by atoms with Gasteiger partial charge in [-0.3, -0.25) is 0 Å². The predicted octanol–water partition coefficient (Wildman–Crippen LogP) is 1.35. The van der Waals surface area contributed by atoms with Crippen LogP contribution in [0.2, 0.25) is 0 Å². The molecule has 1 atom stereocenters. The molecule has 1 N–H and O–H groups in total. The van der Waals surface area contributed by atoms with E-state index >= 15 is 0 Å². The van der Waals surface area contributed by atoms with Crippen molar-refractivity contribution in [3.8, 4) is 11.5 Å². The van der Waals surface area contributed by atoms with Gasteiger partial charge in [-0.1, -0.05) is 6.07 Å². The second kappa shape index (κ2) is 6.10. The highest BCUT2D eigenvalue weighted by atomic mass is 16.5. The molecule has 0 saturated carbocycles. The SMILES string of the molecule is COc1ccc(C[C@@H](OC)C(=O)O)c(OC)c1. The maximum absolute atomic E-state index is 10.9. The lowest BCUT2D eigenvalue weighted by Gasteiger charge is -2.14. The molecule has 0 aliphatic rings. The number of aliphatic carboxylic acids is 1. The number of benzene rings is 1. The van der Waals surface area contributed by atoms with Gasteiger partial charge in [-0.2, -0.15) is 0 Å². The summed E-state index contributed by atoms with van der Waals surface area (Å²) in [4.78, 5) is 10.9. The lowest BCUT2D eigenvalue weighted by atomic mass is 10.1. The first kappa shape index (κ1) is 13.3. The molecule has 0 aliphatic carbocycles. The summed E-state index contributed by atoms with van der Waals surface area (Å²) in [6.07, 6.45) is -0.628. The molecule has 0 bridgehead atoms. The molecule has 0 fully saturated rings. The Morgan fingerprint density at radius 2 is 2.00 bits per heavy atom. The Morgan fingerprint density at radius 3 is 2.47 bits per heavy atom. The van der Waals surface area contributed by atoms with Crippen LogP contribution in [0, 0.1) is 0 Å². The molecular weight excluding hydrogens is 224 g/mol. The molecule has 17 heavy (non-hydrogen) atoms. The van der Waals surface area contributed by atoms with Crippen molar-refractivity contribution in [2.24, 2.45) is 0 Å². The zero-order valence-corrected chi connectivity index (χ0v) is 10.1. The van der Waals surface area contributed by atoms with Gasteiger partial charge in [-0.25, -0.2) is 4.79 Å². The molecule has 5 nitrogen and oxygen atoms in total. The van der Waals surface area contributed by atoms with Gasteiger partial charge in [0.1, 0.15) is 11.5 Å². The minimum Gasteiger partial charge on any atom is -0.497 e. The lowest BCUT2D eigenvalue weighted by Crippen LogP contribution is -2.25. The summed E-state index contributed by atoms with van der Waals surface area (Å²) in [5.41, 5.74) is 0.766. The monoisotopic (exact) mass is 240 g/mol. The molecule has 1 rings (SSSR count). The molecule has 0 amide bonds. The van der Waals surface area contributed by atoms with Gasteiger partial charge in [0.05, 0.1) is 14.2 Å². The second-order valence-electron chi connectivity index (χ2n) is 3.44. The average Bonchev–Trinajstić information content (AvgIpc) is 2.35. The standard InChI is InChI=1S/C12H16O5/c1-15-9-5-4-8(10(7-9)16-2)6-11(17-3)12(13)14/h4-5,7,11H,6H2,1-3H3,(H,13,14)/t11-/m1/s1. The van der Waals surface area contributed by atoms with Crippen LogP contribution in [-0.4, -0.2) is 38.5 Å². The van der Waals surface area contributed by atoms with Crippen molar-refractivity contribution in [3.63, 3.8) is 0 Å². The number of hydrogen-bond donors (Lipinski definition) is 1. The highest BCUT2D eigenvalue weighted by molar-refractivity contribution is 5.73. The summed E-state index contributed by atoms with van der Waals surface area (Å²) in [6.45, 7) is 0. The van der Waals surface area contributed by atoms with Crippen LogP contribution in [0.15, 0.2) is 18.2 Å². The second-order valence-corrected chi connectivity index (χ2v) is 3.44. The molecule has 5 heteroatoms. The Morgan fingerprint density at radius 1 is 1.29 bits per heavy atom. The van der Waals surface area contributed by atoms with Crippen LogP contribution in [-0.2, 0) is 16.0 Å². The molecule has 1 aromatic rings. The highest BCUT2D eigenvalue weighted by Crippen LogP contribution is 2.25. The van der Waals surface area contributed by atoms with E-state index < -0.39 is 12.1 Å². The van der Waals surface area contributed by atoms with Gasteiger partial charge >= 0.3 is 5.97 Å². The van der Waals surface area contributed by atoms with E-state index in [4.69, 9.17) is 19.3 Å². The first-order valence-corrected chi connectivity index (χ1v) is 5.08. The molecule has 0 heterocycles. The van der Waals surface area contributed by atoms with Gasteiger partial charge in [0.15, 0.2) is 6.10 Å². The van der Waals surface area contributed by atoms with Crippen molar-refractivity contribution < 1.29 is 24.1 Å². The fourth-order valence-electron chi connectivity index (χ4n) is 1.49. The molecule has 94 valence electrons. The quantitative estimate of drug-likeness (QED) is 0.813. The van der Waals surface area contributed by atoms with E-state index in [1.807, 2.05) is 0 Å². The summed E-state index contributed by atoms with van der Waals surface area (Å²) in [5.74, 6) is 0.257. The summed E-state index contributed by atoms with van der Waals surface area (Å²) in [7, 11) is 4.46. The number of carbonyl (C=O) groups is 1. The van der Waals surface area contributed by atoms with Crippen LogP contribution in [0.1, 0.15) is 5.56 Å². The molecular formula is C12H16O5. The van der Waals surface area contributed by atoms with Gasteiger partial charge in [0, 0.05) is 19.6 Å². The summed E-state index contributed by atoms with van der Waals surface area (Å²) < 4.78 is 15.1. The van der Waals surface area contributed by atoms with Gasteiger partial charge in [-0.15, -0.1) is 0 Å². The summed E-state index contributed by atoms with van der Waals surface area (Å²) >= 11 is 0. The van der Waals surface area contributed by atoms with E-state index in [0.717, 1.165) is 5.56 Å². The Kier molecular flexibility index (Phi) is 4.78. The van der Waals surface area contributed by atoms with E-state index in [1.54, 1.807) is 25.3 Å². The van der Waals surface area contributed by atoms with Crippen LogP contribution in [0.4, 0.5) is 0 Å². The van der Waals surface area contributed by atoms with E-state index in [1.165, 1.54) is 14.2 Å². The minimum atomic E-state index is -0.995. The Hall–Kier alpha value is -1.75. The fraction of sp³-hybridized carbons (Fsp3) is 0.417. The zero-order valence-electron chi connectivity index (χ0n) is 10.1. The summed E-state index contributed by atoms with van der Waals surface area (Å²) in [5, 5.41) is 8.91. The van der Waals surface area contributed by atoms with E-state index in [9.17, 15) is 4.79 Å². The van der Waals surface area contributed by atoms with Gasteiger partial charge in [0.2, 0.25) is 0 Å². The largest absolute Gasteiger partial charge is 0.497 e. The molecule has 0 unspecified atom stereocenters. The van der Waals surface area contributed by atoms with Crippen molar-refractivity contribution in [2.45, 2.75) is 12.5 Å². The van der Waals surface area contributed by atoms with Gasteiger partial charge < -0.3 is 19.3 Å². The van der Waals surface area contributed by atoms with Crippen LogP contribution in [0.25, 0.3) is 0 Å². The van der Waals surface area contributed by atoms with Crippen LogP contribution in [0.3, 0.4) is 0 Å². The maximum atomic E-state index is 10.9. The zero-order chi connectivity index (χ0) is 12.8. The third kappa shape index (κ3) is 3.35. The number of carboxylic acids is 1. The molecule has 0 saturated heterocycles. The third-order valence-electron chi connectivity index (χ3n) is 2.46. The molecule has 1 aromatic carbocycles. The van der Waals surface area contributed by atoms with Crippen molar-refractivity contribution in [2.75, 3.05) is 21.3 Å². The smallest absolute Gasteiger partial charge is 0.333 e. The highest BCUT2D eigenvalue weighted by Gasteiger charge is 2.19. The number of ether oxygens (including phenoxy) is 3. The number of methoxy groups -OCH3 is 3. The first-order chi connectivity index (χ1) is 8.12. The Bertz CT molecular complexity index is 388. The van der Waals surface area contributed by atoms with Crippen molar-refractivity contribution in [1.82, 2.24) is 0 Å². The van der Waals surface area contributed by atoms with Crippen molar-refractivity contribution >= 4 is 5.97 Å². The predicted molar refractivity (Wildman–Crippen MR) is 61.7 cm³/mol. The van der Waals surface area contributed by atoms with E-state index in [0.29, 0.717) is 11.5 Å². The third-order valence-corrected chi connectivity index (χ3v) is 2.46. The first-order valence-electron chi connectivity index (χ1n) is 5.08.